The van der Waals surface area contributed by atoms with E-state index in [-0.39, 0.29) is 0 Å². The Morgan fingerprint density at radius 3 is 3.05 bits per heavy atom. The number of halogens is 1. The van der Waals surface area contributed by atoms with Gasteiger partial charge in [-0.25, -0.2) is 0 Å². The zero-order valence-electron chi connectivity index (χ0n) is 12.0. The van der Waals surface area contributed by atoms with Crippen LogP contribution < -0.4 is 5.32 Å². The number of aryl methyl sites for hydroxylation is 3. The molecule has 1 aliphatic carbocycles. The average Bonchev–Trinajstić information content (AvgIpc) is 2.82. The van der Waals surface area contributed by atoms with Crippen molar-refractivity contribution in [3.05, 3.63) is 48.7 Å². The molecule has 1 aromatic carbocycles. The monoisotopic (exact) mass is 397 g/mol. The van der Waals surface area contributed by atoms with Gasteiger partial charge in [-0.3, -0.25) is 0 Å². The van der Waals surface area contributed by atoms with Crippen molar-refractivity contribution in [2.75, 3.05) is 5.32 Å². The number of benzene rings is 1. The lowest BCUT2D eigenvalue weighted by atomic mass is 9.93. The first-order chi connectivity index (χ1) is 9.69. The fourth-order valence-corrected chi connectivity index (χ4v) is 5.19. The van der Waals surface area contributed by atoms with Crippen LogP contribution in [-0.2, 0) is 12.8 Å². The first-order valence-electron chi connectivity index (χ1n) is 7.32. The minimum absolute atomic E-state index is 0.491. The Hall–Kier alpha value is -0.550. The number of anilines is 1. The molecule has 1 nitrogen and oxygen atoms in total. The van der Waals surface area contributed by atoms with Gasteiger partial charge in [0.2, 0.25) is 0 Å². The van der Waals surface area contributed by atoms with Crippen LogP contribution in [0.2, 0.25) is 0 Å². The maximum absolute atomic E-state index is 3.84. The molecule has 0 saturated carbocycles. The Balaban J connectivity index is 1.93. The van der Waals surface area contributed by atoms with Gasteiger partial charge in [-0.15, -0.1) is 11.3 Å². The Morgan fingerprint density at radius 2 is 2.25 bits per heavy atom. The molecule has 0 aliphatic heterocycles. The Kier molecular flexibility index (Phi) is 4.36. The summed E-state index contributed by atoms with van der Waals surface area (Å²) in [5.41, 5.74) is 5.69. The molecule has 1 N–H and O–H groups in total. The molecule has 1 atom stereocenters. The van der Waals surface area contributed by atoms with E-state index >= 15 is 0 Å². The molecule has 0 fully saturated rings. The van der Waals surface area contributed by atoms with Gasteiger partial charge in [0.05, 0.1) is 8.93 Å². The first-order valence-corrected chi connectivity index (χ1v) is 9.21. The predicted octanol–water partition coefficient (Wildman–Crippen LogP) is 5.71. The lowest BCUT2D eigenvalue weighted by molar-refractivity contribution is 0.608. The minimum atomic E-state index is 0.491. The van der Waals surface area contributed by atoms with Crippen molar-refractivity contribution >= 4 is 39.6 Å². The van der Waals surface area contributed by atoms with Crippen molar-refractivity contribution in [2.45, 2.75) is 45.6 Å². The smallest absolute Gasteiger partial charge is 0.0660 e. The van der Waals surface area contributed by atoms with Gasteiger partial charge < -0.3 is 5.32 Å². The summed E-state index contributed by atoms with van der Waals surface area (Å²) in [5, 5.41) is 3.84. The summed E-state index contributed by atoms with van der Waals surface area (Å²) >= 11 is 4.42. The fraction of sp³-hybridized carbons (Fsp3) is 0.412. The van der Waals surface area contributed by atoms with E-state index in [1.807, 2.05) is 11.3 Å². The lowest BCUT2D eigenvalue weighted by Crippen LogP contribution is -2.17. The van der Waals surface area contributed by atoms with E-state index < -0.39 is 0 Å². The molecule has 3 rings (SSSR count). The zero-order chi connectivity index (χ0) is 14.1. The van der Waals surface area contributed by atoms with Crippen LogP contribution in [0.4, 0.5) is 5.69 Å². The summed E-state index contributed by atoms with van der Waals surface area (Å²) in [5.74, 6) is 0. The summed E-state index contributed by atoms with van der Waals surface area (Å²) in [6.45, 7) is 4.45. The van der Waals surface area contributed by atoms with Gasteiger partial charge >= 0.3 is 0 Å². The highest BCUT2D eigenvalue weighted by Gasteiger charge is 2.23. The summed E-state index contributed by atoms with van der Waals surface area (Å²) in [4.78, 5) is 1.59. The van der Waals surface area contributed by atoms with E-state index in [9.17, 15) is 0 Å². The summed E-state index contributed by atoms with van der Waals surface area (Å²) < 4.78 is 1.42. The largest absolute Gasteiger partial charge is 0.378 e. The van der Waals surface area contributed by atoms with Crippen molar-refractivity contribution in [1.82, 2.24) is 0 Å². The summed E-state index contributed by atoms with van der Waals surface area (Å²) in [6, 6.07) is 9.49. The number of hydrogen-bond donors (Lipinski definition) is 1. The second-order valence-electron chi connectivity index (χ2n) is 5.48. The van der Waals surface area contributed by atoms with Crippen LogP contribution in [0.1, 0.15) is 47.4 Å². The topological polar surface area (TPSA) is 12.0 Å². The summed E-state index contributed by atoms with van der Waals surface area (Å²) in [6.07, 6.45) is 4.90. The molecular weight excluding hydrogens is 377 g/mol. The van der Waals surface area contributed by atoms with Crippen molar-refractivity contribution in [2.24, 2.45) is 0 Å². The number of para-hydroxylation sites is 1. The second kappa shape index (κ2) is 6.06. The summed E-state index contributed by atoms with van der Waals surface area (Å²) in [7, 11) is 0. The maximum Gasteiger partial charge on any atom is 0.0660 e. The van der Waals surface area contributed by atoms with Gasteiger partial charge in [-0.2, -0.15) is 0 Å². The third-order valence-electron chi connectivity index (χ3n) is 4.14. The van der Waals surface area contributed by atoms with Crippen molar-refractivity contribution in [3.63, 3.8) is 0 Å². The van der Waals surface area contributed by atoms with Gasteiger partial charge in [0, 0.05) is 10.6 Å². The molecule has 0 spiro atoms. The molecule has 1 unspecified atom stereocenters. The molecule has 0 bridgehead atoms. The predicted molar refractivity (Wildman–Crippen MR) is 96.9 cm³/mol. The minimum Gasteiger partial charge on any atom is -0.378 e. The number of fused-ring (bicyclic) bond motifs is 1. The van der Waals surface area contributed by atoms with Crippen LogP contribution >= 0.6 is 33.9 Å². The van der Waals surface area contributed by atoms with Crippen LogP contribution in [-0.4, -0.2) is 0 Å². The third-order valence-corrected chi connectivity index (χ3v) is 6.11. The molecule has 1 aromatic heterocycles. The normalized spacial score (nSPS) is 17.9. The molecule has 1 aliphatic rings. The quantitative estimate of drug-likeness (QED) is 0.654. The van der Waals surface area contributed by atoms with Gasteiger partial charge in [0.25, 0.3) is 0 Å². The molecule has 106 valence electrons. The SMILES string of the molecule is CCc1cccc(C)c1NC1CCCc2sc(I)cc21. The van der Waals surface area contributed by atoms with Crippen LogP contribution in [0.3, 0.4) is 0 Å². The average molecular weight is 397 g/mol. The van der Waals surface area contributed by atoms with Crippen LogP contribution in [0.5, 0.6) is 0 Å². The van der Waals surface area contributed by atoms with Crippen molar-refractivity contribution < 1.29 is 0 Å². The number of thiophene rings is 1. The standard InChI is InChI=1S/C17H20INS/c1-3-12-7-4-6-11(2)17(12)19-14-8-5-9-15-13(14)10-16(18)20-15/h4,6-7,10,14,19H,3,5,8-9H2,1-2H3. The van der Waals surface area contributed by atoms with Gasteiger partial charge in [-0.05, 0) is 78.0 Å². The highest BCUT2D eigenvalue weighted by molar-refractivity contribution is 14.1. The fourth-order valence-electron chi connectivity index (χ4n) is 3.08. The highest BCUT2D eigenvalue weighted by Crippen LogP contribution is 2.39. The second-order valence-corrected chi connectivity index (χ2v) is 8.51. The van der Waals surface area contributed by atoms with E-state index in [0.717, 1.165) is 6.42 Å². The first kappa shape index (κ1) is 14.4. The maximum atomic E-state index is 3.84. The number of hydrogen-bond acceptors (Lipinski definition) is 2. The van der Waals surface area contributed by atoms with Gasteiger partial charge in [-0.1, -0.05) is 25.1 Å². The lowest BCUT2D eigenvalue weighted by Gasteiger charge is -2.26. The van der Waals surface area contributed by atoms with Crippen molar-refractivity contribution in [3.8, 4) is 0 Å². The number of nitrogens with one attached hydrogen (secondary N) is 1. The van der Waals surface area contributed by atoms with E-state index in [2.05, 4.69) is 66.0 Å². The van der Waals surface area contributed by atoms with Crippen LogP contribution in [0.25, 0.3) is 0 Å². The Bertz CT molecular complexity index is 617. The molecule has 0 saturated heterocycles. The number of rotatable bonds is 3. The van der Waals surface area contributed by atoms with E-state index in [0.29, 0.717) is 6.04 Å². The van der Waals surface area contributed by atoms with Gasteiger partial charge in [0.1, 0.15) is 0 Å². The Labute approximate surface area is 138 Å². The van der Waals surface area contributed by atoms with Crippen LogP contribution in [0.15, 0.2) is 24.3 Å². The van der Waals surface area contributed by atoms with Gasteiger partial charge in [0.15, 0.2) is 0 Å². The van der Waals surface area contributed by atoms with E-state index in [4.69, 9.17) is 0 Å². The molecule has 20 heavy (non-hydrogen) atoms. The Morgan fingerprint density at radius 1 is 1.40 bits per heavy atom. The van der Waals surface area contributed by atoms with Crippen LogP contribution in [0, 0.1) is 9.81 Å². The molecule has 0 amide bonds. The van der Waals surface area contributed by atoms with E-state index in [1.165, 1.54) is 44.5 Å². The molecule has 1 heterocycles. The van der Waals surface area contributed by atoms with E-state index in [1.54, 1.807) is 4.88 Å². The molecule has 3 heteroatoms. The molecular formula is C17H20INS. The zero-order valence-corrected chi connectivity index (χ0v) is 15.0. The molecule has 0 radical (unpaired) electrons. The van der Waals surface area contributed by atoms with Crippen molar-refractivity contribution in [1.29, 1.82) is 0 Å². The molecule has 2 aromatic rings. The highest BCUT2D eigenvalue weighted by atomic mass is 127. The third kappa shape index (κ3) is 2.75.